The minimum Gasteiger partial charge on any atom is -0.382 e. The van der Waals surface area contributed by atoms with Crippen LogP contribution in [0, 0.1) is 18.6 Å². The summed E-state index contributed by atoms with van der Waals surface area (Å²) in [7, 11) is 0. The molecule has 3 rings (SSSR count). The fourth-order valence-electron chi connectivity index (χ4n) is 2.60. The van der Waals surface area contributed by atoms with Gasteiger partial charge in [-0.2, -0.15) is 0 Å². The van der Waals surface area contributed by atoms with Gasteiger partial charge >= 0.3 is 0 Å². The number of aryl methyl sites for hydroxylation is 1. The number of hydrogen-bond acceptors (Lipinski definition) is 6. The lowest BCUT2D eigenvalue weighted by molar-refractivity contribution is 0.549. The van der Waals surface area contributed by atoms with E-state index in [0.717, 1.165) is 18.6 Å². The Morgan fingerprint density at radius 3 is 2.85 bits per heavy atom. The van der Waals surface area contributed by atoms with Gasteiger partial charge in [0.05, 0.1) is 6.54 Å². The van der Waals surface area contributed by atoms with Crippen LogP contribution >= 0.6 is 11.8 Å². The number of hydrogen-bond donors (Lipinski definition) is 2. The van der Waals surface area contributed by atoms with E-state index in [1.165, 1.54) is 23.9 Å². The predicted octanol–water partition coefficient (Wildman–Crippen LogP) is 4.44. The average Bonchev–Trinajstić information content (AvgIpc) is 2.63. The second kappa shape index (κ2) is 7.90. The molecule has 2 aromatic rings. The van der Waals surface area contributed by atoms with Gasteiger partial charge in [0.2, 0.25) is 0 Å². The maximum absolute atomic E-state index is 14.4. The summed E-state index contributed by atoms with van der Waals surface area (Å²) >= 11 is 1.52. The number of fused-ring (bicyclic) bond motifs is 1. The molecule has 1 aliphatic heterocycles. The van der Waals surface area contributed by atoms with Crippen LogP contribution in [0.2, 0.25) is 0 Å². The number of nitrogens with two attached hydrogens (primary N) is 1. The molecular formula is C18H21F2N5S. The summed E-state index contributed by atoms with van der Waals surface area (Å²) in [5.41, 5.74) is 6.99. The highest BCUT2D eigenvalue weighted by molar-refractivity contribution is 7.99. The number of benzene rings is 1. The van der Waals surface area contributed by atoms with Crippen LogP contribution in [0.25, 0.3) is 0 Å². The number of halogens is 2. The van der Waals surface area contributed by atoms with Gasteiger partial charge in [0.15, 0.2) is 16.8 Å². The Hall–Kier alpha value is -2.35. The second-order valence-electron chi connectivity index (χ2n) is 6.04. The van der Waals surface area contributed by atoms with Crippen LogP contribution in [-0.4, -0.2) is 15.7 Å². The maximum Gasteiger partial charge on any atom is 0.191 e. The van der Waals surface area contributed by atoms with Gasteiger partial charge in [-0.05, 0) is 25.0 Å². The number of rotatable bonds is 6. The first-order chi connectivity index (χ1) is 12.5. The summed E-state index contributed by atoms with van der Waals surface area (Å²) in [4.78, 5) is 10.5. The van der Waals surface area contributed by atoms with Gasteiger partial charge in [-0.25, -0.2) is 18.7 Å². The van der Waals surface area contributed by atoms with Crippen LogP contribution in [-0.2, 0) is 6.54 Å². The molecule has 5 nitrogen and oxygen atoms in total. The number of unbranched alkanes of at least 4 members (excludes halogenated alkanes) is 1. The van der Waals surface area contributed by atoms with Crippen LogP contribution in [0.1, 0.15) is 30.9 Å². The third-order valence-electron chi connectivity index (χ3n) is 4.09. The summed E-state index contributed by atoms with van der Waals surface area (Å²) in [6.45, 7) is 3.74. The lowest BCUT2D eigenvalue weighted by atomic mass is 10.1. The van der Waals surface area contributed by atoms with E-state index in [-0.39, 0.29) is 12.1 Å². The molecule has 1 aromatic carbocycles. The number of nitrogen functional groups attached to an aromatic ring is 1. The van der Waals surface area contributed by atoms with Crippen molar-refractivity contribution in [1.29, 1.82) is 0 Å². The van der Waals surface area contributed by atoms with Gasteiger partial charge in [0.25, 0.3) is 0 Å². The molecule has 0 saturated heterocycles. The Bertz CT molecular complexity index is 841. The molecule has 1 aromatic heterocycles. The molecule has 2 heterocycles. The number of nitrogens with one attached hydrogen (secondary N) is 1. The molecule has 0 radical (unpaired) electrons. The summed E-state index contributed by atoms with van der Waals surface area (Å²) in [6, 6.07) is 2.71. The molecule has 0 unspecified atom stereocenters. The Morgan fingerprint density at radius 1 is 1.27 bits per heavy atom. The van der Waals surface area contributed by atoms with E-state index >= 15 is 0 Å². The predicted molar refractivity (Wildman–Crippen MR) is 102 cm³/mol. The number of aromatic nitrogens is 2. The highest BCUT2D eigenvalue weighted by Gasteiger charge is 2.22. The van der Waals surface area contributed by atoms with Crippen molar-refractivity contribution in [2.24, 2.45) is 0 Å². The monoisotopic (exact) mass is 377 g/mol. The molecule has 0 spiro atoms. The van der Waals surface area contributed by atoms with Gasteiger partial charge in [-0.3, -0.25) is 0 Å². The van der Waals surface area contributed by atoms with Crippen molar-refractivity contribution < 1.29 is 8.78 Å². The van der Waals surface area contributed by atoms with Gasteiger partial charge in [-0.15, -0.1) is 0 Å². The van der Waals surface area contributed by atoms with E-state index in [2.05, 4.69) is 22.2 Å². The molecule has 1 aliphatic rings. The van der Waals surface area contributed by atoms with E-state index in [0.29, 0.717) is 28.0 Å². The summed E-state index contributed by atoms with van der Waals surface area (Å²) in [6.07, 6.45) is 5.47. The maximum atomic E-state index is 14.4. The molecular weight excluding hydrogens is 356 g/mol. The molecule has 0 amide bonds. The molecule has 3 N–H and O–H groups in total. The number of nitrogens with zero attached hydrogens (tertiary/aromatic N) is 3. The van der Waals surface area contributed by atoms with E-state index in [1.54, 1.807) is 24.2 Å². The quantitative estimate of drug-likeness (QED) is 0.441. The SMILES string of the molecule is CCCCSc1nc(N)c2c(n1)N(Cc1c(F)ccc(C)c1F)C=CN2. The van der Waals surface area contributed by atoms with E-state index in [1.807, 2.05) is 0 Å². The summed E-state index contributed by atoms with van der Waals surface area (Å²) in [5, 5.41) is 3.57. The molecule has 0 aliphatic carbocycles. The van der Waals surface area contributed by atoms with Gasteiger partial charge in [0.1, 0.15) is 17.3 Å². The highest BCUT2D eigenvalue weighted by Crippen LogP contribution is 2.35. The van der Waals surface area contributed by atoms with Crippen LogP contribution in [0.3, 0.4) is 0 Å². The van der Waals surface area contributed by atoms with Crippen molar-refractivity contribution in [3.05, 3.63) is 47.3 Å². The number of thioether (sulfide) groups is 1. The third kappa shape index (κ3) is 3.75. The lowest BCUT2D eigenvalue weighted by Crippen LogP contribution is -2.24. The Labute approximate surface area is 155 Å². The van der Waals surface area contributed by atoms with Crippen molar-refractivity contribution in [3.63, 3.8) is 0 Å². The van der Waals surface area contributed by atoms with Crippen molar-refractivity contribution in [3.8, 4) is 0 Å². The zero-order valence-corrected chi connectivity index (χ0v) is 15.5. The molecule has 8 heteroatoms. The van der Waals surface area contributed by atoms with Gasteiger partial charge in [0, 0.05) is 23.7 Å². The number of anilines is 3. The molecule has 0 fully saturated rings. The van der Waals surface area contributed by atoms with Crippen LogP contribution in [0.4, 0.5) is 26.1 Å². The van der Waals surface area contributed by atoms with Gasteiger partial charge in [-0.1, -0.05) is 31.2 Å². The van der Waals surface area contributed by atoms with Crippen molar-refractivity contribution >= 4 is 29.1 Å². The summed E-state index contributed by atoms with van der Waals surface area (Å²) < 4.78 is 28.5. The fourth-order valence-corrected chi connectivity index (χ4v) is 3.53. The van der Waals surface area contributed by atoms with Crippen molar-refractivity contribution in [2.75, 3.05) is 21.7 Å². The summed E-state index contributed by atoms with van der Waals surface area (Å²) in [5.74, 6) is 0.589. The highest BCUT2D eigenvalue weighted by atomic mass is 32.2. The first kappa shape index (κ1) is 18.4. The van der Waals surface area contributed by atoms with Crippen molar-refractivity contribution in [1.82, 2.24) is 9.97 Å². The Morgan fingerprint density at radius 2 is 2.08 bits per heavy atom. The topological polar surface area (TPSA) is 67.1 Å². The standard InChI is InChI=1S/C18H21F2N5S/c1-3-4-9-26-18-23-16(21)15-17(24-18)25(8-7-22-15)10-12-13(19)6-5-11(2)14(12)20/h5-8,22H,3-4,9-10H2,1-2H3,(H2,21,23,24). The largest absolute Gasteiger partial charge is 0.382 e. The molecule has 138 valence electrons. The second-order valence-corrected chi connectivity index (χ2v) is 7.10. The normalized spacial score (nSPS) is 12.8. The first-order valence-electron chi connectivity index (χ1n) is 8.45. The van der Waals surface area contributed by atoms with Crippen LogP contribution in [0.5, 0.6) is 0 Å². The van der Waals surface area contributed by atoms with E-state index in [4.69, 9.17) is 5.73 Å². The Kier molecular flexibility index (Phi) is 5.61. The lowest BCUT2D eigenvalue weighted by Gasteiger charge is -2.27. The van der Waals surface area contributed by atoms with Crippen molar-refractivity contribution in [2.45, 2.75) is 38.4 Å². The first-order valence-corrected chi connectivity index (χ1v) is 9.43. The zero-order valence-electron chi connectivity index (χ0n) is 14.7. The zero-order chi connectivity index (χ0) is 18.7. The third-order valence-corrected chi connectivity index (χ3v) is 5.02. The van der Waals surface area contributed by atoms with Crippen LogP contribution < -0.4 is 16.0 Å². The minimum atomic E-state index is -0.582. The minimum absolute atomic E-state index is 0.000121. The molecule has 0 bridgehead atoms. The molecule has 0 saturated carbocycles. The Balaban J connectivity index is 1.93. The molecule has 0 atom stereocenters. The smallest absolute Gasteiger partial charge is 0.191 e. The molecule has 26 heavy (non-hydrogen) atoms. The van der Waals surface area contributed by atoms with Gasteiger partial charge < -0.3 is 16.0 Å². The fraction of sp³-hybridized carbons (Fsp3) is 0.333. The van der Waals surface area contributed by atoms with E-state index in [9.17, 15) is 8.78 Å². The average molecular weight is 377 g/mol. The van der Waals surface area contributed by atoms with Crippen LogP contribution in [0.15, 0.2) is 29.7 Å². The van der Waals surface area contributed by atoms with E-state index < -0.39 is 11.6 Å².